The second kappa shape index (κ2) is 12.2. The quantitative estimate of drug-likeness (QED) is 0.364. The van der Waals surface area contributed by atoms with Gasteiger partial charge in [0.2, 0.25) is 5.91 Å². The number of benzene rings is 2. The Kier molecular flexibility index (Phi) is 9.04. The predicted molar refractivity (Wildman–Crippen MR) is 140 cm³/mol. The summed E-state index contributed by atoms with van der Waals surface area (Å²) in [6.45, 7) is 3.31. The minimum Gasteiger partial charge on any atom is -0.478 e. The molecule has 2 aromatic carbocycles. The highest BCUT2D eigenvalue weighted by molar-refractivity contribution is 8.01. The first-order valence-corrected chi connectivity index (χ1v) is 13.5. The molecule has 2 heterocycles. The molecule has 1 amide bonds. The molecule has 1 aromatic heterocycles. The molecule has 0 bridgehead atoms. The lowest BCUT2D eigenvalue weighted by atomic mass is 10.1. The molecule has 1 saturated heterocycles. The monoisotopic (exact) mass is 551 g/mol. The number of aromatic nitrogens is 1. The van der Waals surface area contributed by atoms with Crippen LogP contribution in [0.2, 0.25) is 10.0 Å². The summed E-state index contributed by atoms with van der Waals surface area (Å²) in [5.74, 6) is -0.789. The number of thioether (sulfide) groups is 1. The highest BCUT2D eigenvalue weighted by Gasteiger charge is 2.21. The molecule has 0 spiro atoms. The molecule has 0 unspecified atom stereocenters. The topological polar surface area (TPSA) is 91.8 Å². The molecule has 1 atom stereocenters. The first-order valence-electron chi connectivity index (χ1n) is 10.8. The lowest BCUT2D eigenvalue weighted by Gasteiger charge is -2.33. The Morgan fingerprint density at radius 2 is 2.00 bits per heavy atom. The molecular formula is C24H23Cl2N3O4S2. The third kappa shape index (κ3) is 7.42. The van der Waals surface area contributed by atoms with Crippen LogP contribution in [0.15, 0.2) is 52.2 Å². The summed E-state index contributed by atoms with van der Waals surface area (Å²) in [4.78, 5) is 30.2. The Bertz CT molecular complexity index is 1190. The van der Waals surface area contributed by atoms with E-state index < -0.39 is 5.97 Å². The van der Waals surface area contributed by atoms with E-state index in [1.807, 2.05) is 17.5 Å². The van der Waals surface area contributed by atoms with Gasteiger partial charge in [-0.25, -0.2) is 9.78 Å². The van der Waals surface area contributed by atoms with Crippen molar-refractivity contribution in [2.45, 2.75) is 17.0 Å². The summed E-state index contributed by atoms with van der Waals surface area (Å²) in [7, 11) is 0. The maximum absolute atomic E-state index is 12.4. The number of morpholine rings is 1. The SMILES string of the molecule is O=C(CSc1nc(-c2ccc(C(=O)O)cc2)cs1)NC[C@H]1CN(Cc2ccc(Cl)c(Cl)c2)CCO1. The summed E-state index contributed by atoms with van der Waals surface area (Å²) < 4.78 is 6.60. The second-order valence-corrected chi connectivity index (χ2v) is 10.8. The van der Waals surface area contributed by atoms with Crippen molar-refractivity contribution >= 4 is 58.2 Å². The zero-order valence-electron chi connectivity index (χ0n) is 18.6. The number of carboxylic acid groups (broad SMARTS) is 1. The fraction of sp³-hybridized carbons (Fsp3) is 0.292. The highest BCUT2D eigenvalue weighted by atomic mass is 35.5. The van der Waals surface area contributed by atoms with Crippen molar-refractivity contribution < 1.29 is 19.4 Å². The van der Waals surface area contributed by atoms with Gasteiger partial charge in [0.25, 0.3) is 0 Å². The van der Waals surface area contributed by atoms with Crippen LogP contribution in [0.25, 0.3) is 11.3 Å². The maximum atomic E-state index is 12.4. The Labute approximate surface area is 221 Å². The van der Waals surface area contributed by atoms with Crippen molar-refractivity contribution in [3.05, 3.63) is 69.0 Å². The summed E-state index contributed by atoms with van der Waals surface area (Å²) in [5.41, 5.74) is 2.91. The van der Waals surface area contributed by atoms with E-state index in [4.69, 9.17) is 33.0 Å². The van der Waals surface area contributed by atoms with Gasteiger partial charge in [0.05, 0.1) is 39.8 Å². The van der Waals surface area contributed by atoms with Gasteiger partial charge in [-0.15, -0.1) is 11.3 Å². The van der Waals surface area contributed by atoms with Crippen molar-refractivity contribution in [2.24, 2.45) is 0 Å². The third-order valence-electron chi connectivity index (χ3n) is 5.38. The van der Waals surface area contributed by atoms with E-state index in [9.17, 15) is 9.59 Å². The van der Waals surface area contributed by atoms with Gasteiger partial charge in [-0.1, -0.05) is 53.2 Å². The van der Waals surface area contributed by atoms with E-state index in [-0.39, 0.29) is 23.3 Å². The zero-order chi connectivity index (χ0) is 24.8. The van der Waals surface area contributed by atoms with Crippen LogP contribution < -0.4 is 5.32 Å². The van der Waals surface area contributed by atoms with Gasteiger partial charge in [0.15, 0.2) is 4.34 Å². The van der Waals surface area contributed by atoms with E-state index in [0.717, 1.165) is 34.2 Å². The smallest absolute Gasteiger partial charge is 0.335 e. The first kappa shape index (κ1) is 25.9. The number of hydrogen-bond acceptors (Lipinski definition) is 7. The molecule has 7 nitrogen and oxygen atoms in total. The van der Waals surface area contributed by atoms with Crippen LogP contribution in [0, 0.1) is 0 Å². The van der Waals surface area contributed by atoms with E-state index in [2.05, 4.69) is 15.2 Å². The fourth-order valence-electron chi connectivity index (χ4n) is 3.59. The van der Waals surface area contributed by atoms with Crippen LogP contribution in [-0.4, -0.2) is 65.0 Å². The normalized spacial score (nSPS) is 16.2. The standard InChI is InChI=1S/C24H23Cl2N3O4S2/c25-19-6-1-15(9-20(19)26)11-29-7-8-33-18(12-29)10-27-22(30)14-35-24-28-21(13-34-24)16-2-4-17(5-3-16)23(31)32/h1-6,9,13,18H,7-8,10-12,14H2,(H,27,30)(H,31,32)/t18-/m0/s1. The zero-order valence-corrected chi connectivity index (χ0v) is 21.7. The average molecular weight is 553 g/mol. The molecule has 1 aliphatic heterocycles. The van der Waals surface area contributed by atoms with Crippen molar-refractivity contribution in [1.29, 1.82) is 0 Å². The van der Waals surface area contributed by atoms with Gasteiger partial charge in [-0.05, 0) is 29.8 Å². The molecule has 184 valence electrons. The largest absolute Gasteiger partial charge is 0.478 e. The summed E-state index contributed by atoms with van der Waals surface area (Å²) >= 11 is 14.9. The minimum atomic E-state index is -0.963. The van der Waals surface area contributed by atoms with Crippen LogP contribution in [0.5, 0.6) is 0 Å². The van der Waals surface area contributed by atoms with Gasteiger partial charge in [-0.2, -0.15) is 0 Å². The average Bonchev–Trinajstić information content (AvgIpc) is 3.33. The van der Waals surface area contributed by atoms with Gasteiger partial charge >= 0.3 is 5.97 Å². The lowest BCUT2D eigenvalue weighted by Crippen LogP contribution is -2.47. The molecule has 0 aliphatic carbocycles. The van der Waals surface area contributed by atoms with Gasteiger partial charge in [0.1, 0.15) is 0 Å². The van der Waals surface area contributed by atoms with Crippen LogP contribution in [-0.2, 0) is 16.1 Å². The number of aromatic carboxylic acids is 1. The van der Waals surface area contributed by atoms with Crippen LogP contribution >= 0.6 is 46.3 Å². The molecule has 1 fully saturated rings. The van der Waals surface area contributed by atoms with Crippen LogP contribution in [0.1, 0.15) is 15.9 Å². The molecule has 35 heavy (non-hydrogen) atoms. The number of nitrogens with zero attached hydrogens (tertiary/aromatic N) is 2. The van der Waals surface area contributed by atoms with Gasteiger partial charge < -0.3 is 15.2 Å². The Balaban J connectivity index is 1.20. The number of nitrogens with one attached hydrogen (secondary N) is 1. The summed E-state index contributed by atoms with van der Waals surface area (Å²) in [6, 6.07) is 12.2. The Morgan fingerprint density at radius 1 is 1.20 bits per heavy atom. The Hall–Kier alpha value is -2.14. The third-order valence-corrected chi connectivity index (χ3v) is 8.14. The number of hydrogen-bond donors (Lipinski definition) is 2. The first-order chi connectivity index (χ1) is 16.9. The molecule has 0 saturated carbocycles. The minimum absolute atomic E-state index is 0.0808. The van der Waals surface area contributed by atoms with Gasteiger partial charge in [-0.3, -0.25) is 9.69 Å². The van der Waals surface area contributed by atoms with Crippen molar-refractivity contribution in [2.75, 3.05) is 32.0 Å². The summed E-state index contributed by atoms with van der Waals surface area (Å²) in [6.07, 6.45) is -0.0827. The van der Waals surface area contributed by atoms with E-state index in [1.54, 1.807) is 30.3 Å². The highest BCUT2D eigenvalue weighted by Crippen LogP contribution is 2.28. The van der Waals surface area contributed by atoms with E-state index >= 15 is 0 Å². The lowest BCUT2D eigenvalue weighted by molar-refractivity contribution is -0.119. The number of carbonyl (C=O) groups is 2. The number of amides is 1. The predicted octanol–water partition coefficient (Wildman–Crippen LogP) is 4.92. The maximum Gasteiger partial charge on any atom is 0.335 e. The van der Waals surface area contributed by atoms with Crippen molar-refractivity contribution in [3.8, 4) is 11.3 Å². The number of thiazole rings is 1. The second-order valence-electron chi connectivity index (χ2n) is 7.95. The van der Waals surface area contributed by atoms with Crippen LogP contribution in [0.3, 0.4) is 0 Å². The molecule has 0 radical (unpaired) electrons. The molecule has 3 aromatic rings. The molecule has 1 aliphatic rings. The number of carbonyl (C=O) groups excluding carboxylic acids is 1. The van der Waals surface area contributed by atoms with Gasteiger partial charge in [0, 0.05) is 37.1 Å². The fourth-order valence-corrected chi connectivity index (χ4v) is 5.58. The number of halogens is 2. The van der Waals surface area contributed by atoms with Crippen molar-refractivity contribution in [1.82, 2.24) is 15.2 Å². The van der Waals surface area contributed by atoms with E-state index in [0.29, 0.717) is 29.7 Å². The van der Waals surface area contributed by atoms with E-state index in [1.165, 1.54) is 23.1 Å². The molecular weight excluding hydrogens is 529 g/mol. The summed E-state index contributed by atoms with van der Waals surface area (Å²) in [5, 5.41) is 14.9. The number of rotatable bonds is 9. The molecule has 2 N–H and O–H groups in total. The number of carboxylic acids is 1. The molecule has 11 heteroatoms. The number of ether oxygens (including phenoxy) is 1. The molecule has 4 rings (SSSR count). The van der Waals surface area contributed by atoms with Crippen molar-refractivity contribution in [3.63, 3.8) is 0 Å². The Morgan fingerprint density at radius 3 is 2.74 bits per heavy atom. The van der Waals surface area contributed by atoms with Crippen LogP contribution in [0.4, 0.5) is 0 Å².